The number of hydrogen-bond donors (Lipinski definition) is 2. The standard InChI is InChI=1S/C16H23N5O3S/c1-21-16(18-11-19-21)10-24-13-5-7-14(8-6-13)25(22,23)20-15-4-2-3-12(15)9-17/h5-8,11-12,15,20H,2-4,9-10,17H2,1H3/t12-,15-/m1/s1. The first kappa shape index (κ1) is 17.8. The molecule has 2 aromatic rings. The predicted octanol–water partition coefficient (Wildman–Crippen LogP) is 0.800. The van der Waals surface area contributed by atoms with Gasteiger partial charge in [0.15, 0.2) is 5.82 Å². The topological polar surface area (TPSA) is 112 Å². The Morgan fingerprint density at radius 2 is 2.08 bits per heavy atom. The lowest BCUT2D eigenvalue weighted by molar-refractivity contribution is 0.289. The summed E-state index contributed by atoms with van der Waals surface area (Å²) in [5, 5.41) is 3.97. The van der Waals surface area contributed by atoms with Crippen LogP contribution in [0, 0.1) is 5.92 Å². The molecule has 9 heteroatoms. The molecule has 25 heavy (non-hydrogen) atoms. The van der Waals surface area contributed by atoms with E-state index in [2.05, 4.69) is 14.8 Å². The van der Waals surface area contributed by atoms with E-state index in [4.69, 9.17) is 10.5 Å². The normalized spacial score (nSPS) is 20.7. The largest absolute Gasteiger partial charge is 0.486 e. The molecule has 3 rings (SSSR count). The molecule has 0 saturated heterocycles. The minimum atomic E-state index is -3.56. The van der Waals surface area contributed by atoms with Crippen LogP contribution < -0.4 is 15.2 Å². The number of rotatable bonds is 7. The molecular weight excluding hydrogens is 342 g/mol. The number of nitrogens with two attached hydrogens (primary N) is 1. The summed E-state index contributed by atoms with van der Waals surface area (Å²) >= 11 is 0. The molecule has 1 aromatic heterocycles. The molecular formula is C16H23N5O3S. The molecule has 0 spiro atoms. The molecule has 0 amide bonds. The van der Waals surface area contributed by atoms with Crippen LogP contribution in [0.5, 0.6) is 5.75 Å². The van der Waals surface area contributed by atoms with Crippen LogP contribution in [0.4, 0.5) is 0 Å². The highest BCUT2D eigenvalue weighted by atomic mass is 32.2. The number of aryl methyl sites for hydroxylation is 1. The van der Waals surface area contributed by atoms with Gasteiger partial charge in [0.2, 0.25) is 10.0 Å². The van der Waals surface area contributed by atoms with Crippen LogP contribution in [0.25, 0.3) is 0 Å². The number of benzene rings is 1. The second kappa shape index (κ2) is 7.51. The maximum absolute atomic E-state index is 12.5. The highest BCUT2D eigenvalue weighted by Gasteiger charge is 2.30. The van der Waals surface area contributed by atoms with Gasteiger partial charge in [-0.3, -0.25) is 4.68 Å². The van der Waals surface area contributed by atoms with E-state index >= 15 is 0 Å². The van der Waals surface area contributed by atoms with E-state index < -0.39 is 10.0 Å². The molecule has 8 nitrogen and oxygen atoms in total. The summed E-state index contributed by atoms with van der Waals surface area (Å²) in [4.78, 5) is 4.29. The Balaban J connectivity index is 1.63. The van der Waals surface area contributed by atoms with E-state index in [0.29, 0.717) is 18.1 Å². The summed E-state index contributed by atoms with van der Waals surface area (Å²) in [5.41, 5.74) is 5.72. The first-order chi connectivity index (χ1) is 12.0. The molecule has 1 saturated carbocycles. The Bertz CT molecular complexity index is 803. The van der Waals surface area contributed by atoms with Crippen molar-refractivity contribution in [1.82, 2.24) is 19.5 Å². The molecule has 1 aliphatic rings. The molecule has 136 valence electrons. The van der Waals surface area contributed by atoms with Crippen molar-refractivity contribution in [1.29, 1.82) is 0 Å². The Morgan fingerprint density at radius 1 is 1.32 bits per heavy atom. The monoisotopic (exact) mass is 365 g/mol. The minimum Gasteiger partial charge on any atom is -0.486 e. The third-order valence-corrected chi connectivity index (χ3v) is 6.08. The van der Waals surface area contributed by atoms with Crippen molar-refractivity contribution >= 4 is 10.0 Å². The maximum atomic E-state index is 12.5. The molecule has 0 unspecified atom stereocenters. The smallest absolute Gasteiger partial charge is 0.240 e. The minimum absolute atomic E-state index is 0.0816. The highest BCUT2D eigenvalue weighted by Crippen LogP contribution is 2.26. The van der Waals surface area contributed by atoms with Crippen LogP contribution in [0.2, 0.25) is 0 Å². The first-order valence-corrected chi connectivity index (χ1v) is 9.76. The van der Waals surface area contributed by atoms with Gasteiger partial charge in [0, 0.05) is 13.1 Å². The third kappa shape index (κ3) is 4.17. The summed E-state index contributed by atoms with van der Waals surface area (Å²) in [5.74, 6) is 1.47. The van der Waals surface area contributed by atoms with Gasteiger partial charge in [0.05, 0.1) is 4.90 Å². The van der Waals surface area contributed by atoms with Gasteiger partial charge in [-0.1, -0.05) is 6.42 Å². The lowest BCUT2D eigenvalue weighted by atomic mass is 10.1. The Kier molecular flexibility index (Phi) is 5.36. The van der Waals surface area contributed by atoms with Gasteiger partial charge in [-0.05, 0) is 49.6 Å². The SMILES string of the molecule is Cn1ncnc1COc1ccc(S(=O)(=O)N[C@@H]2CCC[C@@H]2CN)cc1. The lowest BCUT2D eigenvalue weighted by Gasteiger charge is -2.19. The van der Waals surface area contributed by atoms with E-state index in [9.17, 15) is 8.42 Å². The van der Waals surface area contributed by atoms with Gasteiger partial charge < -0.3 is 10.5 Å². The molecule has 0 aliphatic heterocycles. The zero-order valence-corrected chi connectivity index (χ0v) is 14.9. The summed E-state index contributed by atoms with van der Waals surface area (Å²) < 4.78 is 35.1. The van der Waals surface area contributed by atoms with Crippen LogP contribution in [0.15, 0.2) is 35.5 Å². The van der Waals surface area contributed by atoms with Crippen molar-refractivity contribution in [3.63, 3.8) is 0 Å². The molecule has 3 N–H and O–H groups in total. The quantitative estimate of drug-likeness (QED) is 0.750. The maximum Gasteiger partial charge on any atom is 0.240 e. The number of nitrogens with zero attached hydrogens (tertiary/aromatic N) is 3. The Hall–Kier alpha value is -1.97. The van der Waals surface area contributed by atoms with E-state index in [1.54, 1.807) is 36.0 Å². The summed E-state index contributed by atoms with van der Waals surface area (Å²) in [6, 6.07) is 6.28. The number of hydrogen-bond acceptors (Lipinski definition) is 6. The van der Waals surface area contributed by atoms with E-state index in [1.165, 1.54) is 6.33 Å². The summed E-state index contributed by atoms with van der Waals surface area (Å²) in [7, 11) is -1.77. The fourth-order valence-electron chi connectivity index (χ4n) is 3.06. The molecule has 1 heterocycles. The molecule has 0 bridgehead atoms. The number of aromatic nitrogens is 3. The Morgan fingerprint density at radius 3 is 2.72 bits per heavy atom. The van der Waals surface area contributed by atoms with Gasteiger partial charge >= 0.3 is 0 Å². The van der Waals surface area contributed by atoms with Gasteiger partial charge in [0.1, 0.15) is 18.7 Å². The summed E-state index contributed by atoms with van der Waals surface area (Å²) in [6.45, 7) is 0.767. The Labute approximate surface area is 147 Å². The fraction of sp³-hybridized carbons (Fsp3) is 0.500. The van der Waals surface area contributed by atoms with Crippen molar-refractivity contribution in [2.45, 2.75) is 36.8 Å². The number of sulfonamides is 1. The molecule has 1 fully saturated rings. The first-order valence-electron chi connectivity index (χ1n) is 8.28. The number of ether oxygens (including phenoxy) is 1. The zero-order valence-electron chi connectivity index (χ0n) is 14.1. The van der Waals surface area contributed by atoms with Gasteiger partial charge in [-0.2, -0.15) is 5.10 Å². The fourth-order valence-corrected chi connectivity index (χ4v) is 4.39. The second-order valence-corrected chi connectivity index (χ2v) is 7.93. The van der Waals surface area contributed by atoms with Crippen LogP contribution in [-0.2, 0) is 23.7 Å². The third-order valence-electron chi connectivity index (χ3n) is 4.58. The van der Waals surface area contributed by atoms with E-state index in [0.717, 1.165) is 19.3 Å². The average molecular weight is 365 g/mol. The number of nitrogens with one attached hydrogen (secondary N) is 1. The average Bonchev–Trinajstić information content (AvgIpc) is 3.21. The van der Waals surface area contributed by atoms with Gasteiger partial charge in [-0.15, -0.1) is 0 Å². The second-order valence-electron chi connectivity index (χ2n) is 6.21. The van der Waals surface area contributed by atoms with Gasteiger partial charge in [0.25, 0.3) is 0 Å². The van der Waals surface area contributed by atoms with Crippen molar-refractivity contribution in [3.05, 3.63) is 36.4 Å². The van der Waals surface area contributed by atoms with Crippen molar-refractivity contribution in [3.8, 4) is 5.75 Å². The van der Waals surface area contributed by atoms with Crippen LogP contribution in [-0.4, -0.2) is 35.8 Å². The summed E-state index contributed by atoms with van der Waals surface area (Å²) in [6.07, 6.45) is 4.26. The molecule has 1 aliphatic carbocycles. The highest BCUT2D eigenvalue weighted by molar-refractivity contribution is 7.89. The van der Waals surface area contributed by atoms with Crippen LogP contribution in [0.3, 0.4) is 0 Å². The predicted molar refractivity (Wildman–Crippen MR) is 92.3 cm³/mol. The van der Waals surface area contributed by atoms with Crippen molar-refractivity contribution < 1.29 is 13.2 Å². The van der Waals surface area contributed by atoms with Crippen molar-refractivity contribution in [2.24, 2.45) is 18.7 Å². The molecule has 0 radical (unpaired) electrons. The zero-order chi connectivity index (χ0) is 17.9. The van der Waals surface area contributed by atoms with Crippen molar-refractivity contribution in [2.75, 3.05) is 6.54 Å². The molecule has 1 aromatic carbocycles. The lowest BCUT2D eigenvalue weighted by Crippen LogP contribution is -2.39. The van der Waals surface area contributed by atoms with Crippen LogP contribution >= 0.6 is 0 Å². The van der Waals surface area contributed by atoms with Crippen LogP contribution in [0.1, 0.15) is 25.1 Å². The van der Waals surface area contributed by atoms with E-state index in [-0.39, 0.29) is 23.5 Å². The van der Waals surface area contributed by atoms with Gasteiger partial charge in [-0.25, -0.2) is 18.1 Å². The van der Waals surface area contributed by atoms with E-state index in [1.807, 2.05) is 0 Å². The molecule has 2 atom stereocenters.